The zero-order chi connectivity index (χ0) is 16.5. The molecule has 0 saturated carbocycles. The zero-order valence-corrected chi connectivity index (χ0v) is 13.7. The Hall–Kier alpha value is -1.76. The molecule has 0 amide bonds. The van der Waals surface area contributed by atoms with E-state index < -0.39 is 11.6 Å². The van der Waals surface area contributed by atoms with Crippen LogP contribution in [-0.4, -0.2) is 48.4 Å². The third kappa shape index (κ3) is 1.61. The van der Waals surface area contributed by atoms with Crippen LogP contribution in [0.25, 0.3) is 0 Å². The molecule has 0 radical (unpaired) electrons. The number of aliphatic hydroxyl groups is 1. The van der Waals surface area contributed by atoms with Crippen molar-refractivity contribution < 1.29 is 24.0 Å². The minimum absolute atomic E-state index is 0.222. The number of aliphatic hydroxyl groups excluding tert-OH is 1. The van der Waals surface area contributed by atoms with Crippen molar-refractivity contribution in [2.45, 2.75) is 36.8 Å². The summed E-state index contributed by atoms with van der Waals surface area (Å²) in [5.41, 5.74) is 1.45. The number of benzene rings is 1. The molecule has 4 atom stereocenters. The van der Waals surface area contributed by atoms with E-state index in [1.807, 2.05) is 18.2 Å². The molecule has 0 unspecified atom stereocenters. The second-order valence-electron chi connectivity index (χ2n) is 7.26. The van der Waals surface area contributed by atoms with E-state index in [1.54, 1.807) is 7.11 Å². The number of methoxy groups -OCH3 is 1. The maximum absolute atomic E-state index is 13.7. The third-order valence-corrected chi connectivity index (χ3v) is 6.34. The third-order valence-electron chi connectivity index (χ3n) is 6.34. The van der Waals surface area contributed by atoms with Crippen molar-refractivity contribution in [3.63, 3.8) is 0 Å². The molecule has 3 heterocycles. The van der Waals surface area contributed by atoms with Gasteiger partial charge in [-0.1, -0.05) is 0 Å². The minimum Gasteiger partial charge on any atom is -0.632 e. The Morgan fingerprint density at radius 1 is 1.29 bits per heavy atom. The number of quaternary nitrogens is 1. The summed E-state index contributed by atoms with van der Waals surface area (Å²) in [6, 6.07) is 3.95. The van der Waals surface area contributed by atoms with Crippen molar-refractivity contribution in [2.24, 2.45) is 0 Å². The molecule has 6 heteroatoms. The molecule has 1 N–H and O–H groups in total. The minimum atomic E-state index is -0.795. The van der Waals surface area contributed by atoms with E-state index in [1.165, 1.54) is 0 Å². The molecule has 1 aliphatic carbocycles. The maximum atomic E-state index is 13.7. The summed E-state index contributed by atoms with van der Waals surface area (Å²) in [5, 5.41) is 24.6. The van der Waals surface area contributed by atoms with Crippen LogP contribution in [0.2, 0.25) is 0 Å². The fourth-order valence-electron chi connectivity index (χ4n) is 5.23. The highest BCUT2D eigenvalue weighted by atomic mass is 16.7. The Morgan fingerprint density at radius 3 is 2.88 bits per heavy atom. The molecule has 1 aromatic carbocycles. The van der Waals surface area contributed by atoms with Crippen molar-refractivity contribution in [3.8, 4) is 11.5 Å². The van der Waals surface area contributed by atoms with Crippen LogP contribution in [0.1, 0.15) is 29.9 Å². The predicted octanol–water partition coefficient (Wildman–Crippen LogP) is 1.81. The summed E-state index contributed by atoms with van der Waals surface area (Å²) in [7, 11) is 1.56. The number of fused-ring (bicyclic) bond motifs is 3. The van der Waals surface area contributed by atoms with Gasteiger partial charge in [0, 0.05) is 25.3 Å². The molecule has 5 rings (SSSR count). The van der Waals surface area contributed by atoms with E-state index in [4.69, 9.17) is 14.2 Å². The first-order valence-corrected chi connectivity index (χ1v) is 8.53. The number of rotatable bonds is 1. The molecule has 3 aliphatic heterocycles. The topological polar surface area (TPSA) is 71.0 Å². The van der Waals surface area contributed by atoms with Crippen molar-refractivity contribution >= 4 is 0 Å². The van der Waals surface area contributed by atoms with Gasteiger partial charge in [-0.3, -0.25) is 0 Å². The summed E-state index contributed by atoms with van der Waals surface area (Å²) in [6.45, 7) is 1.33. The Kier molecular flexibility index (Phi) is 2.83. The lowest BCUT2D eigenvalue weighted by Crippen LogP contribution is -2.58. The highest BCUT2D eigenvalue weighted by molar-refractivity contribution is 5.53. The monoisotopic (exact) mass is 331 g/mol. The lowest BCUT2D eigenvalue weighted by Gasteiger charge is -2.52. The van der Waals surface area contributed by atoms with Gasteiger partial charge in [-0.2, -0.15) is 0 Å². The highest BCUT2D eigenvalue weighted by Crippen LogP contribution is 2.57. The normalized spacial score (nSPS) is 38.9. The van der Waals surface area contributed by atoms with Crippen LogP contribution >= 0.6 is 0 Å². The molecule has 6 nitrogen and oxygen atoms in total. The van der Waals surface area contributed by atoms with Gasteiger partial charge in [0.05, 0.1) is 26.1 Å². The number of nitrogens with zero attached hydrogens (tertiary/aromatic N) is 1. The number of hydrogen-bond acceptors (Lipinski definition) is 5. The van der Waals surface area contributed by atoms with Crippen LogP contribution in [0.15, 0.2) is 24.0 Å². The fraction of sp³-hybridized carbons (Fsp3) is 0.556. The van der Waals surface area contributed by atoms with Gasteiger partial charge in [0.15, 0.2) is 11.5 Å². The first kappa shape index (κ1) is 14.6. The summed E-state index contributed by atoms with van der Waals surface area (Å²) in [5.74, 6) is 1.66. The van der Waals surface area contributed by atoms with Crippen molar-refractivity contribution in [1.82, 2.24) is 0 Å². The molecule has 128 valence electrons. The molecular formula is C18H21NO5. The van der Waals surface area contributed by atoms with Gasteiger partial charge in [0.1, 0.15) is 17.4 Å². The van der Waals surface area contributed by atoms with E-state index in [-0.39, 0.29) is 17.4 Å². The van der Waals surface area contributed by atoms with Crippen molar-refractivity contribution in [1.29, 1.82) is 0 Å². The smallest absolute Gasteiger partial charge is 0.231 e. The van der Waals surface area contributed by atoms with Crippen LogP contribution in [0.4, 0.5) is 0 Å². The summed E-state index contributed by atoms with van der Waals surface area (Å²) < 4.78 is 16.2. The largest absolute Gasteiger partial charge is 0.632 e. The second-order valence-corrected chi connectivity index (χ2v) is 7.26. The van der Waals surface area contributed by atoms with E-state index >= 15 is 0 Å². The summed E-state index contributed by atoms with van der Waals surface area (Å²) in [4.78, 5) is 0. The molecule has 1 spiro atoms. The average Bonchev–Trinajstić information content (AvgIpc) is 3.21. The highest BCUT2D eigenvalue weighted by Gasteiger charge is 2.62. The Labute approximate surface area is 140 Å². The Balaban J connectivity index is 1.74. The predicted molar refractivity (Wildman–Crippen MR) is 85.4 cm³/mol. The Bertz CT molecular complexity index is 747. The summed E-state index contributed by atoms with van der Waals surface area (Å²) >= 11 is 0. The van der Waals surface area contributed by atoms with Crippen molar-refractivity contribution in [3.05, 3.63) is 40.3 Å². The zero-order valence-electron chi connectivity index (χ0n) is 13.7. The van der Waals surface area contributed by atoms with E-state index in [0.29, 0.717) is 31.0 Å². The van der Waals surface area contributed by atoms with E-state index in [9.17, 15) is 10.3 Å². The molecule has 1 fully saturated rings. The first-order chi connectivity index (χ1) is 11.6. The molecular weight excluding hydrogens is 310 g/mol. The Morgan fingerprint density at radius 2 is 2.08 bits per heavy atom. The van der Waals surface area contributed by atoms with Crippen molar-refractivity contribution in [2.75, 3.05) is 27.0 Å². The standard InChI is InChI=1S/C18H21NO5/c1-22-15-9-18-4-2-5-19(18,21)6-3-11-7-13-14(24-10-23-13)8-12(11)16(18)17(15)20/h7-9,16-17,20H,2-6,10H2,1H3/t16-,17-,18-,19+/m1/s1. The van der Waals surface area contributed by atoms with Gasteiger partial charge in [-0.15, -0.1) is 0 Å². The van der Waals surface area contributed by atoms with Gasteiger partial charge in [-0.05, 0) is 23.3 Å². The number of ether oxygens (including phenoxy) is 3. The molecule has 24 heavy (non-hydrogen) atoms. The maximum Gasteiger partial charge on any atom is 0.231 e. The van der Waals surface area contributed by atoms with E-state index in [2.05, 4.69) is 0 Å². The van der Waals surface area contributed by atoms with Gasteiger partial charge in [0.25, 0.3) is 0 Å². The molecule has 1 aromatic rings. The van der Waals surface area contributed by atoms with Crippen LogP contribution in [0, 0.1) is 5.21 Å². The van der Waals surface area contributed by atoms with Gasteiger partial charge < -0.3 is 29.2 Å². The second kappa shape index (κ2) is 4.65. The average molecular weight is 331 g/mol. The lowest BCUT2D eigenvalue weighted by molar-refractivity contribution is -0.912. The molecule has 0 aromatic heterocycles. The molecule has 4 aliphatic rings. The van der Waals surface area contributed by atoms with Crippen LogP contribution in [0.3, 0.4) is 0 Å². The number of hydroxylamine groups is 3. The van der Waals surface area contributed by atoms with Gasteiger partial charge in [0.2, 0.25) is 6.79 Å². The van der Waals surface area contributed by atoms with Crippen LogP contribution in [0.5, 0.6) is 11.5 Å². The van der Waals surface area contributed by atoms with Gasteiger partial charge in [-0.25, -0.2) is 0 Å². The molecule has 1 saturated heterocycles. The quantitative estimate of drug-likeness (QED) is 0.628. The fourth-order valence-corrected chi connectivity index (χ4v) is 5.23. The van der Waals surface area contributed by atoms with Crippen LogP contribution < -0.4 is 9.47 Å². The summed E-state index contributed by atoms with van der Waals surface area (Å²) in [6.07, 6.45) is 3.47. The molecule has 0 bridgehead atoms. The van der Waals surface area contributed by atoms with Crippen LogP contribution in [-0.2, 0) is 11.2 Å². The number of hydrogen-bond donors (Lipinski definition) is 1. The SMILES string of the molecule is COC1=C[C@@]23CCC[N@+]2([O-])CCc2cc4c(cc2[C@@H]3[C@@H]1O)OCO4. The first-order valence-electron chi connectivity index (χ1n) is 8.53. The van der Waals surface area contributed by atoms with Gasteiger partial charge >= 0.3 is 0 Å². The van der Waals surface area contributed by atoms with E-state index in [0.717, 1.165) is 29.7 Å². The lowest BCUT2D eigenvalue weighted by atomic mass is 9.77.